The van der Waals surface area contributed by atoms with Crippen LogP contribution in [0.4, 0.5) is 17.1 Å². The van der Waals surface area contributed by atoms with E-state index in [2.05, 4.69) is 52.0 Å². The number of nitrogens with one attached hydrogen (secondary N) is 2. The predicted octanol–water partition coefficient (Wildman–Crippen LogP) is 5.52. The molecule has 0 unspecified atom stereocenters. The lowest BCUT2D eigenvalue weighted by molar-refractivity contribution is -0.111. The van der Waals surface area contributed by atoms with Crippen molar-refractivity contribution in [3.8, 4) is 0 Å². The van der Waals surface area contributed by atoms with E-state index in [-0.39, 0.29) is 5.91 Å². The second-order valence-corrected chi connectivity index (χ2v) is 7.73. The highest BCUT2D eigenvalue weighted by atomic mass is 16.1. The molecule has 4 rings (SSSR count). The van der Waals surface area contributed by atoms with Crippen LogP contribution in [0.5, 0.6) is 0 Å². The molecule has 1 aromatic heterocycles. The van der Waals surface area contributed by atoms with Gasteiger partial charge in [0, 0.05) is 30.7 Å². The van der Waals surface area contributed by atoms with Gasteiger partial charge in [-0.15, -0.1) is 0 Å². The molecule has 3 aromatic carbocycles. The minimum Gasteiger partial charge on any atom is -0.397 e. The summed E-state index contributed by atoms with van der Waals surface area (Å²) in [6, 6.07) is 27.9. The molecule has 4 aromatic rings. The lowest BCUT2D eigenvalue weighted by atomic mass is 10.1. The number of para-hydroxylation sites is 2. The SMILES string of the molecule is Nc1ccccc1NC(=O)C=Cc1ccc(CNc2ccc(Cc3ccncc3)cc2)cc1. The molecule has 0 bridgehead atoms. The lowest BCUT2D eigenvalue weighted by Crippen LogP contribution is -2.09. The van der Waals surface area contributed by atoms with Crippen molar-refractivity contribution in [3.05, 3.63) is 126 Å². The molecular formula is C28H26N4O. The van der Waals surface area contributed by atoms with Crippen LogP contribution in [-0.2, 0) is 17.8 Å². The molecule has 5 nitrogen and oxygen atoms in total. The van der Waals surface area contributed by atoms with E-state index in [9.17, 15) is 4.79 Å². The Balaban J connectivity index is 1.26. The largest absolute Gasteiger partial charge is 0.397 e. The molecule has 0 saturated carbocycles. The predicted molar refractivity (Wildman–Crippen MR) is 136 cm³/mol. The fourth-order valence-electron chi connectivity index (χ4n) is 3.38. The number of anilines is 3. The number of nitrogens with zero attached hydrogens (tertiary/aromatic N) is 1. The zero-order valence-corrected chi connectivity index (χ0v) is 18.2. The van der Waals surface area contributed by atoms with Crippen molar-refractivity contribution in [2.75, 3.05) is 16.4 Å². The molecule has 1 heterocycles. The van der Waals surface area contributed by atoms with Crippen molar-refractivity contribution in [3.63, 3.8) is 0 Å². The van der Waals surface area contributed by atoms with Gasteiger partial charge in [0.1, 0.15) is 0 Å². The van der Waals surface area contributed by atoms with E-state index in [0.717, 1.165) is 29.8 Å². The van der Waals surface area contributed by atoms with Gasteiger partial charge in [-0.2, -0.15) is 0 Å². The average Bonchev–Trinajstić information content (AvgIpc) is 2.85. The minimum atomic E-state index is -0.217. The van der Waals surface area contributed by atoms with Crippen LogP contribution in [0.15, 0.2) is 103 Å². The highest BCUT2D eigenvalue weighted by Crippen LogP contribution is 2.17. The smallest absolute Gasteiger partial charge is 0.248 e. The van der Waals surface area contributed by atoms with Crippen LogP contribution in [0.1, 0.15) is 22.3 Å². The number of pyridine rings is 1. The molecule has 0 aliphatic carbocycles. The molecule has 4 N–H and O–H groups in total. The third-order valence-electron chi connectivity index (χ3n) is 5.23. The Morgan fingerprint density at radius 3 is 2.21 bits per heavy atom. The van der Waals surface area contributed by atoms with Gasteiger partial charge in [-0.1, -0.05) is 48.5 Å². The van der Waals surface area contributed by atoms with Crippen LogP contribution in [0.2, 0.25) is 0 Å². The van der Waals surface area contributed by atoms with Crippen molar-refractivity contribution < 1.29 is 4.79 Å². The number of hydrogen-bond acceptors (Lipinski definition) is 4. The standard InChI is InChI=1S/C28H26N4O/c29-26-3-1-2-4-27(26)32-28(33)14-11-21-5-7-24(8-6-21)20-31-25-12-9-22(10-13-25)19-23-15-17-30-18-16-23/h1-18,31H,19-20,29H2,(H,32,33). The lowest BCUT2D eigenvalue weighted by Gasteiger charge is -2.08. The van der Waals surface area contributed by atoms with Gasteiger partial charge in [-0.05, 0) is 71.1 Å². The summed E-state index contributed by atoms with van der Waals surface area (Å²) < 4.78 is 0. The molecule has 0 aliphatic heterocycles. The highest BCUT2D eigenvalue weighted by molar-refractivity contribution is 6.03. The zero-order valence-electron chi connectivity index (χ0n) is 18.2. The summed E-state index contributed by atoms with van der Waals surface area (Å²) in [6.07, 6.45) is 7.83. The summed E-state index contributed by atoms with van der Waals surface area (Å²) in [6.45, 7) is 0.724. The van der Waals surface area contributed by atoms with E-state index in [4.69, 9.17) is 5.73 Å². The van der Waals surface area contributed by atoms with Crippen LogP contribution in [-0.4, -0.2) is 10.9 Å². The Kier molecular flexibility index (Phi) is 7.13. The molecule has 0 fully saturated rings. The molecule has 0 atom stereocenters. The van der Waals surface area contributed by atoms with E-state index in [0.29, 0.717) is 11.4 Å². The molecule has 33 heavy (non-hydrogen) atoms. The van der Waals surface area contributed by atoms with Crippen LogP contribution in [0.25, 0.3) is 6.08 Å². The van der Waals surface area contributed by atoms with E-state index in [1.54, 1.807) is 18.2 Å². The Morgan fingerprint density at radius 1 is 0.818 bits per heavy atom. The van der Waals surface area contributed by atoms with Crippen LogP contribution >= 0.6 is 0 Å². The highest BCUT2D eigenvalue weighted by Gasteiger charge is 2.01. The van der Waals surface area contributed by atoms with Crippen molar-refractivity contribution in [1.29, 1.82) is 0 Å². The van der Waals surface area contributed by atoms with Crippen molar-refractivity contribution >= 4 is 29.0 Å². The number of amides is 1. The van der Waals surface area contributed by atoms with Gasteiger partial charge in [-0.25, -0.2) is 0 Å². The Bertz CT molecular complexity index is 1220. The maximum atomic E-state index is 12.1. The van der Waals surface area contributed by atoms with Crippen molar-refractivity contribution in [2.24, 2.45) is 0 Å². The molecule has 1 amide bonds. The van der Waals surface area contributed by atoms with Gasteiger partial charge < -0.3 is 16.4 Å². The topological polar surface area (TPSA) is 80.0 Å². The normalized spacial score (nSPS) is 10.8. The average molecular weight is 435 g/mol. The fraction of sp³-hybridized carbons (Fsp3) is 0.0714. The number of carbonyl (C=O) groups excluding carboxylic acids is 1. The van der Waals surface area contributed by atoms with E-state index in [1.807, 2.05) is 48.8 Å². The number of hydrogen-bond donors (Lipinski definition) is 3. The van der Waals surface area contributed by atoms with Gasteiger partial charge in [0.25, 0.3) is 0 Å². The molecule has 5 heteroatoms. The molecular weight excluding hydrogens is 408 g/mol. The summed E-state index contributed by atoms with van der Waals surface area (Å²) in [5, 5.41) is 6.23. The third kappa shape index (κ3) is 6.55. The summed E-state index contributed by atoms with van der Waals surface area (Å²) in [4.78, 5) is 16.2. The summed E-state index contributed by atoms with van der Waals surface area (Å²) in [5.41, 5.74) is 12.7. The maximum absolute atomic E-state index is 12.1. The Labute approximate surface area is 194 Å². The number of nitrogens with two attached hydrogens (primary N) is 1. The first-order valence-electron chi connectivity index (χ1n) is 10.8. The second kappa shape index (κ2) is 10.8. The number of benzene rings is 3. The first-order valence-corrected chi connectivity index (χ1v) is 10.8. The van der Waals surface area contributed by atoms with Crippen LogP contribution in [0.3, 0.4) is 0 Å². The fourth-order valence-corrected chi connectivity index (χ4v) is 3.38. The van der Waals surface area contributed by atoms with Gasteiger partial charge >= 0.3 is 0 Å². The van der Waals surface area contributed by atoms with Gasteiger partial charge in [-0.3, -0.25) is 9.78 Å². The molecule has 0 spiro atoms. The van der Waals surface area contributed by atoms with E-state index in [1.165, 1.54) is 17.2 Å². The Morgan fingerprint density at radius 2 is 1.48 bits per heavy atom. The van der Waals surface area contributed by atoms with Crippen LogP contribution < -0.4 is 16.4 Å². The van der Waals surface area contributed by atoms with Gasteiger partial charge in [0.05, 0.1) is 11.4 Å². The number of rotatable bonds is 8. The first-order chi connectivity index (χ1) is 16.2. The number of nitrogen functional groups attached to an aromatic ring is 1. The second-order valence-electron chi connectivity index (χ2n) is 7.73. The van der Waals surface area contributed by atoms with Crippen LogP contribution in [0, 0.1) is 0 Å². The first kappa shape index (κ1) is 21.8. The molecule has 164 valence electrons. The van der Waals surface area contributed by atoms with Gasteiger partial charge in [0.2, 0.25) is 5.91 Å². The minimum absolute atomic E-state index is 0.217. The molecule has 0 saturated heterocycles. The summed E-state index contributed by atoms with van der Waals surface area (Å²) in [5.74, 6) is -0.217. The van der Waals surface area contributed by atoms with E-state index < -0.39 is 0 Å². The maximum Gasteiger partial charge on any atom is 0.248 e. The van der Waals surface area contributed by atoms with Crippen molar-refractivity contribution in [2.45, 2.75) is 13.0 Å². The zero-order chi connectivity index (χ0) is 22.9. The summed E-state index contributed by atoms with van der Waals surface area (Å²) in [7, 11) is 0. The quantitative estimate of drug-likeness (QED) is 0.252. The molecule has 0 radical (unpaired) electrons. The monoisotopic (exact) mass is 434 g/mol. The van der Waals surface area contributed by atoms with Crippen molar-refractivity contribution in [1.82, 2.24) is 4.98 Å². The third-order valence-corrected chi connectivity index (χ3v) is 5.23. The summed E-state index contributed by atoms with van der Waals surface area (Å²) >= 11 is 0. The number of aromatic nitrogens is 1. The molecule has 0 aliphatic rings. The Hall–Kier alpha value is -4.38. The number of carbonyl (C=O) groups is 1. The van der Waals surface area contributed by atoms with Gasteiger partial charge in [0.15, 0.2) is 0 Å². The van der Waals surface area contributed by atoms with E-state index >= 15 is 0 Å².